The Labute approximate surface area is 159 Å². The molecule has 0 unspecified atom stereocenters. The number of ether oxygens (including phenoxy) is 2. The van der Waals surface area contributed by atoms with Crippen molar-refractivity contribution in [1.29, 1.82) is 0 Å². The van der Waals surface area contributed by atoms with E-state index in [2.05, 4.69) is 10.2 Å². The lowest BCUT2D eigenvalue weighted by Gasteiger charge is -2.37. The van der Waals surface area contributed by atoms with Crippen LogP contribution in [0.3, 0.4) is 0 Å². The van der Waals surface area contributed by atoms with Crippen LogP contribution in [0.15, 0.2) is 18.2 Å². The molecule has 5 nitrogen and oxygen atoms in total. The molecule has 0 bridgehead atoms. The normalized spacial score (nSPS) is 31.3. The van der Waals surface area contributed by atoms with Crippen molar-refractivity contribution in [2.45, 2.75) is 50.6 Å². The van der Waals surface area contributed by atoms with Crippen LogP contribution < -0.4 is 10.1 Å². The Kier molecular flexibility index (Phi) is 4.26. The second-order valence-corrected chi connectivity index (χ2v) is 8.50. The number of rotatable bonds is 1. The van der Waals surface area contributed by atoms with Crippen LogP contribution in [0.4, 0.5) is 9.18 Å². The number of amides is 2. The smallest absolute Gasteiger partial charge is 0.318 e. The first kappa shape index (κ1) is 17.3. The van der Waals surface area contributed by atoms with Crippen molar-refractivity contribution in [2.75, 3.05) is 26.4 Å². The first-order chi connectivity index (χ1) is 13.2. The summed E-state index contributed by atoms with van der Waals surface area (Å²) < 4.78 is 25.1. The molecule has 1 aliphatic carbocycles. The summed E-state index contributed by atoms with van der Waals surface area (Å²) in [7, 11) is 0. The zero-order valence-corrected chi connectivity index (χ0v) is 15.6. The number of urea groups is 1. The molecule has 3 heterocycles. The summed E-state index contributed by atoms with van der Waals surface area (Å²) in [5.74, 6) is 0.534. The molecule has 1 aromatic carbocycles. The van der Waals surface area contributed by atoms with E-state index in [1.165, 1.54) is 18.9 Å². The Balaban J connectivity index is 1.36. The van der Waals surface area contributed by atoms with E-state index in [0.29, 0.717) is 25.0 Å². The molecule has 6 heteroatoms. The maximum atomic E-state index is 14.0. The van der Waals surface area contributed by atoms with Gasteiger partial charge in [-0.15, -0.1) is 0 Å². The Morgan fingerprint density at radius 2 is 2.04 bits per heavy atom. The summed E-state index contributed by atoms with van der Waals surface area (Å²) in [6.45, 7) is 2.87. The van der Waals surface area contributed by atoms with Gasteiger partial charge in [-0.25, -0.2) is 9.18 Å². The number of carbonyl (C=O) groups excluding carboxylic acids is 1. The number of nitrogens with zero attached hydrogens (tertiary/aromatic N) is 1. The van der Waals surface area contributed by atoms with Crippen LogP contribution in [0.1, 0.15) is 50.1 Å². The molecular formula is C21H27FN2O3. The van der Waals surface area contributed by atoms with Crippen LogP contribution in [0, 0.1) is 17.2 Å². The van der Waals surface area contributed by atoms with E-state index >= 15 is 0 Å². The monoisotopic (exact) mass is 374 g/mol. The molecule has 1 aromatic rings. The Bertz CT molecular complexity index is 734. The quantitative estimate of drug-likeness (QED) is 0.817. The van der Waals surface area contributed by atoms with Gasteiger partial charge in [0, 0.05) is 37.8 Å². The van der Waals surface area contributed by atoms with Gasteiger partial charge < -0.3 is 19.7 Å². The van der Waals surface area contributed by atoms with E-state index in [1.807, 2.05) is 6.07 Å². The number of carbonyl (C=O) groups is 1. The zero-order chi connectivity index (χ0) is 18.4. The third-order valence-electron chi connectivity index (χ3n) is 7.22. The van der Waals surface area contributed by atoms with Crippen molar-refractivity contribution in [3.63, 3.8) is 0 Å². The topological polar surface area (TPSA) is 50.8 Å². The molecule has 5 rings (SSSR count). The van der Waals surface area contributed by atoms with Gasteiger partial charge in [-0.2, -0.15) is 0 Å². The summed E-state index contributed by atoms with van der Waals surface area (Å²) in [4.78, 5) is 15.3. The molecule has 1 spiro atoms. The first-order valence-electron chi connectivity index (χ1n) is 10.2. The molecule has 27 heavy (non-hydrogen) atoms. The second-order valence-electron chi connectivity index (χ2n) is 8.50. The van der Waals surface area contributed by atoms with Crippen molar-refractivity contribution in [3.8, 4) is 5.75 Å². The Morgan fingerprint density at radius 3 is 2.89 bits per heavy atom. The predicted molar refractivity (Wildman–Crippen MR) is 98.1 cm³/mol. The number of benzene rings is 1. The molecule has 2 saturated heterocycles. The highest BCUT2D eigenvalue weighted by atomic mass is 19.1. The largest absolute Gasteiger partial charge is 0.490 e. The minimum absolute atomic E-state index is 0.00243. The standard InChI is InChI=1S/C21H27FN2O3/c22-16-5-1-3-14-17(7-10-27-19(14)16)23-20(25)24-13-21(8-11-26-12-9-21)15-4-2-6-18(15)24/h1,3,5,15,17-18H,2,4,6-13H2,(H,23,25)/t15-,17+,18+/m1/s1. The minimum atomic E-state index is -0.357. The predicted octanol–water partition coefficient (Wildman–Crippen LogP) is 3.64. The summed E-state index contributed by atoms with van der Waals surface area (Å²) in [6, 6.07) is 5.09. The van der Waals surface area contributed by atoms with E-state index < -0.39 is 0 Å². The van der Waals surface area contributed by atoms with Crippen molar-refractivity contribution in [2.24, 2.45) is 11.3 Å². The molecule has 0 aromatic heterocycles. The van der Waals surface area contributed by atoms with Gasteiger partial charge >= 0.3 is 6.03 Å². The summed E-state index contributed by atoms with van der Waals surface area (Å²) in [5.41, 5.74) is 0.980. The fraction of sp³-hybridized carbons (Fsp3) is 0.667. The van der Waals surface area contributed by atoms with Crippen molar-refractivity contribution in [1.82, 2.24) is 10.2 Å². The number of fused-ring (bicyclic) bond motifs is 3. The fourth-order valence-electron chi connectivity index (χ4n) is 5.90. The molecule has 3 atom stereocenters. The molecule has 4 aliphatic rings. The molecular weight excluding hydrogens is 347 g/mol. The highest BCUT2D eigenvalue weighted by molar-refractivity contribution is 5.76. The van der Waals surface area contributed by atoms with Gasteiger partial charge in [0.1, 0.15) is 0 Å². The van der Waals surface area contributed by atoms with Gasteiger partial charge in [-0.05, 0) is 43.1 Å². The van der Waals surface area contributed by atoms with Gasteiger partial charge in [0.15, 0.2) is 11.6 Å². The molecule has 3 fully saturated rings. The van der Waals surface area contributed by atoms with Gasteiger partial charge in [0.2, 0.25) is 0 Å². The number of nitrogens with one attached hydrogen (secondary N) is 1. The van der Waals surface area contributed by atoms with Crippen molar-refractivity contribution in [3.05, 3.63) is 29.6 Å². The Morgan fingerprint density at radius 1 is 1.19 bits per heavy atom. The van der Waals surface area contributed by atoms with E-state index in [1.54, 1.807) is 6.07 Å². The first-order valence-corrected chi connectivity index (χ1v) is 10.2. The van der Waals surface area contributed by atoms with E-state index in [-0.39, 0.29) is 29.1 Å². The lowest BCUT2D eigenvalue weighted by atomic mass is 9.71. The lowest BCUT2D eigenvalue weighted by Crippen LogP contribution is -2.46. The molecule has 1 saturated carbocycles. The lowest BCUT2D eigenvalue weighted by molar-refractivity contribution is -0.000438. The average Bonchev–Trinajstić information content (AvgIpc) is 3.27. The number of halogens is 1. The minimum Gasteiger partial charge on any atom is -0.490 e. The molecule has 146 valence electrons. The van der Waals surface area contributed by atoms with E-state index in [9.17, 15) is 9.18 Å². The van der Waals surface area contributed by atoms with Crippen LogP contribution in [0.5, 0.6) is 5.75 Å². The van der Waals surface area contributed by atoms with E-state index in [4.69, 9.17) is 9.47 Å². The number of hydrogen-bond donors (Lipinski definition) is 1. The SMILES string of the molecule is O=C(N[C@H]1CCOc2c(F)cccc21)N1CC2(CCOCC2)[C@@H]2CCC[C@@H]21. The molecule has 2 amide bonds. The third kappa shape index (κ3) is 2.80. The summed E-state index contributed by atoms with van der Waals surface area (Å²) >= 11 is 0. The van der Waals surface area contributed by atoms with Crippen LogP contribution in [0.25, 0.3) is 0 Å². The highest BCUT2D eigenvalue weighted by Gasteiger charge is 2.55. The molecule has 3 aliphatic heterocycles. The van der Waals surface area contributed by atoms with Gasteiger partial charge in [0.25, 0.3) is 0 Å². The van der Waals surface area contributed by atoms with Gasteiger partial charge in [-0.1, -0.05) is 18.6 Å². The Hall–Kier alpha value is -1.82. The van der Waals surface area contributed by atoms with Gasteiger partial charge in [-0.3, -0.25) is 0 Å². The number of hydrogen-bond acceptors (Lipinski definition) is 3. The number of para-hydroxylation sites is 1. The van der Waals surface area contributed by atoms with E-state index in [0.717, 1.165) is 44.6 Å². The van der Waals surface area contributed by atoms with Gasteiger partial charge in [0.05, 0.1) is 12.6 Å². The van der Waals surface area contributed by atoms with Crippen LogP contribution >= 0.6 is 0 Å². The molecule has 1 N–H and O–H groups in total. The third-order valence-corrected chi connectivity index (χ3v) is 7.22. The second kappa shape index (κ2) is 6.66. The summed E-state index contributed by atoms with van der Waals surface area (Å²) in [5, 5.41) is 3.19. The van der Waals surface area contributed by atoms with Crippen LogP contribution in [0.2, 0.25) is 0 Å². The maximum absolute atomic E-state index is 14.0. The van der Waals surface area contributed by atoms with Crippen molar-refractivity contribution < 1.29 is 18.7 Å². The fourth-order valence-corrected chi connectivity index (χ4v) is 5.90. The summed E-state index contributed by atoms with van der Waals surface area (Å²) in [6.07, 6.45) is 6.31. The maximum Gasteiger partial charge on any atom is 0.318 e. The van der Waals surface area contributed by atoms with Crippen LogP contribution in [-0.4, -0.2) is 43.3 Å². The van der Waals surface area contributed by atoms with Crippen LogP contribution in [-0.2, 0) is 4.74 Å². The average molecular weight is 374 g/mol. The van der Waals surface area contributed by atoms with Crippen molar-refractivity contribution >= 4 is 6.03 Å². The zero-order valence-electron chi connectivity index (χ0n) is 15.6. The number of likely N-dealkylation sites (tertiary alicyclic amines) is 1. The molecule has 0 radical (unpaired) electrons. The highest BCUT2D eigenvalue weighted by Crippen LogP contribution is 2.53.